The lowest BCUT2D eigenvalue weighted by atomic mass is 10.1. The molecule has 0 bridgehead atoms. The van der Waals surface area contributed by atoms with Gasteiger partial charge in [-0.05, 0) is 50.2 Å². The number of nitrogens with zero attached hydrogens (tertiary/aromatic N) is 3. The molecule has 1 aliphatic heterocycles. The average molecular weight is 349 g/mol. The molecule has 6 heteroatoms. The number of aromatic nitrogens is 2. The highest BCUT2D eigenvalue weighted by molar-refractivity contribution is 6.06. The second-order valence-electron chi connectivity index (χ2n) is 6.29. The van der Waals surface area contributed by atoms with E-state index in [-0.39, 0.29) is 12.7 Å². The number of anilines is 1. The molecule has 0 spiro atoms. The number of rotatable bonds is 3. The van der Waals surface area contributed by atoms with Crippen molar-refractivity contribution in [2.75, 3.05) is 18.7 Å². The van der Waals surface area contributed by atoms with Crippen LogP contribution in [0, 0.1) is 13.8 Å². The van der Waals surface area contributed by atoms with E-state index >= 15 is 0 Å². The first-order chi connectivity index (χ1) is 12.5. The van der Waals surface area contributed by atoms with Crippen molar-refractivity contribution in [3.8, 4) is 17.2 Å². The van der Waals surface area contributed by atoms with E-state index in [1.807, 2.05) is 61.0 Å². The fraction of sp³-hybridized carbons (Fsp3) is 0.200. The highest BCUT2D eigenvalue weighted by Gasteiger charge is 2.19. The lowest BCUT2D eigenvalue weighted by Crippen LogP contribution is -2.26. The topological polar surface area (TPSA) is 56.6 Å². The highest BCUT2D eigenvalue weighted by Crippen LogP contribution is 2.35. The van der Waals surface area contributed by atoms with E-state index < -0.39 is 0 Å². The molecule has 0 N–H and O–H groups in total. The van der Waals surface area contributed by atoms with Gasteiger partial charge in [0.15, 0.2) is 11.5 Å². The zero-order valence-corrected chi connectivity index (χ0v) is 14.9. The summed E-state index contributed by atoms with van der Waals surface area (Å²) >= 11 is 0. The van der Waals surface area contributed by atoms with Crippen molar-refractivity contribution >= 4 is 11.6 Å². The van der Waals surface area contributed by atoms with Gasteiger partial charge >= 0.3 is 0 Å². The fourth-order valence-electron chi connectivity index (χ4n) is 3.07. The van der Waals surface area contributed by atoms with Gasteiger partial charge in [-0.25, -0.2) is 4.68 Å². The Hall–Kier alpha value is -3.28. The van der Waals surface area contributed by atoms with E-state index in [0.29, 0.717) is 17.1 Å². The number of aryl methyl sites for hydroxylation is 2. The SMILES string of the molecule is Cc1cc(C)n(-c2cccc(C(=O)N(C)c3ccc4c(c3)OCO4)c2)n1. The molecule has 0 aliphatic carbocycles. The molecule has 1 amide bonds. The van der Waals surface area contributed by atoms with Crippen LogP contribution in [0.3, 0.4) is 0 Å². The maximum absolute atomic E-state index is 12.9. The summed E-state index contributed by atoms with van der Waals surface area (Å²) in [5, 5.41) is 4.48. The third-order valence-electron chi connectivity index (χ3n) is 4.40. The molecule has 132 valence electrons. The molecule has 0 unspecified atom stereocenters. The Bertz CT molecular complexity index is 994. The van der Waals surface area contributed by atoms with Gasteiger partial charge in [0.05, 0.1) is 11.4 Å². The first-order valence-corrected chi connectivity index (χ1v) is 8.34. The molecule has 6 nitrogen and oxygen atoms in total. The molecule has 4 rings (SSSR count). The van der Waals surface area contributed by atoms with Crippen LogP contribution in [-0.4, -0.2) is 29.5 Å². The molecule has 0 saturated heterocycles. The molecule has 0 radical (unpaired) electrons. The minimum Gasteiger partial charge on any atom is -0.454 e. The minimum absolute atomic E-state index is 0.104. The van der Waals surface area contributed by atoms with Gasteiger partial charge < -0.3 is 14.4 Å². The first kappa shape index (κ1) is 16.2. The number of amides is 1. The molecule has 26 heavy (non-hydrogen) atoms. The quantitative estimate of drug-likeness (QED) is 0.726. The van der Waals surface area contributed by atoms with Gasteiger partial charge in [0.25, 0.3) is 5.91 Å². The van der Waals surface area contributed by atoms with Crippen LogP contribution >= 0.6 is 0 Å². The molecular weight excluding hydrogens is 330 g/mol. The third kappa shape index (κ3) is 2.79. The van der Waals surface area contributed by atoms with Crippen LogP contribution < -0.4 is 14.4 Å². The standard InChI is InChI=1S/C20H19N3O3/c1-13-9-14(2)23(21-13)17-6-4-5-15(10-17)20(24)22(3)16-7-8-18-19(11-16)26-12-25-18/h4-11H,12H2,1-3H3. The smallest absolute Gasteiger partial charge is 0.258 e. The highest BCUT2D eigenvalue weighted by atomic mass is 16.7. The Morgan fingerprint density at radius 1 is 1.08 bits per heavy atom. The average Bonchev–Trinajstić information content (AvgIpc) is 3.25. The molecular formula is C20H19N3O3. The van der Waals surface area contributed by atoms with E-state index in [0.717, 1.165) is 22.8 Å². The zero-order valence-electron chi connectivity index (χ0n) is 14.9. The van der Waals surface area contributed by atoms with Gasteiger partial charge in [-0.2, -0.15) is 5.10 Å². The number of hydrogen-bond acceptors (Lipinski definition) is 4. The van der Waals surface area contributed by atoms with Gasteiger partial charge in [0.2, 0.25) is 6.79 Å². The molecule has 3 aromatic rings. The Labute approximate surface area is 151 Å². The summed E-state index contributed by atoms with van der Waals surface area (Å²) in [7, 11) is 1.75. The van der Waals surface area contributed by atoms with Gasteiger partial charge in [-0.3, -0.25) is 4.79 Å². The summed E-state index contributed by atoms with van der Waals surface area (Å²) < 4.78 is 12.6. The number of hydrogen-bond donors (Lipinski definition) is 0. The Kier molecular flexibility index (Phi) is 3.88. The summed E-state index contributed by atoms with van der Waals surface area (Å²) in [6.07, 6.45) is 0. The Balaban J connectivity index is 1.64. The van der Waals surface area contributed by atoms with Crippen molar-refractivity contribution in [2.45, 2.75) is 13.8 Å². The third-order valence-corrected chi connectivity index (χ3v) is 4.40. The number of carbonyl (C=O) groups is 1. The van der Waals surface area contributed by atoms with Gasteiger partial charge in [0, 0.05) is 30.1 Å². The first-order valence-electron chi connectivity index (χ1n) is 8.34. The number of benzene rings is 2. The van der Waals surface area contributed by atoms with Crippen molar-refractivity contribution in [1.82, 2.24) is 9.78 Å². The van der Waals surface area contributed by atoms with Crippen molar-refractivity contribution in [1.29, 1.82) is 0 Å². The van der Waals surface area contributed by atoms with E-state index in [1.54, 1.807) is 18.0 Å². The van der Waals surface area contributed by atoms with E-state index in [4.69, 9.17) is 9.47 Å². The molecule has 1 aliphatic rings. The molecule has 2 heterocycles. The summed E-state index contributed by atoms with van der Waals surface area (Å²) in [6.45, 7) is 4.15. The summed E-state index contributed by atoms with van der Waals surface area (Å²) in [4.78, 5) is 14.5. The van der Waals surface area contributed by atoms with Crippen LogP contribution in [-0.2, 0) is 0 Å². The second-order valence-corrected chi connectivity index (χ2v) is 6.29. The monoisotopic (exact) mass is 349 g/mol. The van der Waals surface area contributed by atoms with Crippen LogP contribution in [0.2, 0.25) is 0 Å². The minimum atomic E-state index is -0.104. The van der Waals surface area contributed by atoms with Crippen LogP contribution in [0.1, 0.15) is 21.7 Å². The normalized spacial score (nSPS) is 12.3. The fourth-order valence-corrected chi connectivity index (χ4v) is 3.07. The van der Waals surface area contributed by atoms with Crippen molar-refractivity contribution in [3.63, 3.8) is 0 Å². The Morgan fingerprint density at radius 2 is 1.88 bits per heavy atom. The molecule has 2 aromatic carbocycles. The summed E-state index contributed by atoms with van der Waals surface area (Å²) in [6, 6.07) is 14.9. The maximum atomic E-state index is 12.9. The lowest BCUT2D eigenvalue weighted by Gasteiger charge is -2.18. The lowest BCUT2D eigenvalue weighted by molar-refractivity contribution is 0.0993. The molecule has 1 aromatic heterocycles. The van der Waals surface area contributed by atoms with E-state index in [9.17, 15) is 4.79 Å². The van der Waals surface area contributed by atoms with Gasteiger partial charge in [0.1, 0.15) is 0 Å². The number of fused-ring (bicyclic) bond motifs is 1. The maximum Gasteiger partial charge on any atom is 0.258 e. The van der Waals surface area contributed by atoms with Crippen molar-refractivity contribution in [3.05, 3.63) is 65.5 Å². The zero-order chi connectivity index (χ0) is 18.3. The van der Waals surface area contributed by atoms with Crippen molar-refractivity contribution < 1.29 is 14.3 Å². The summed E-state index contributed by atoms with van der Waals surface area (Å²) in [5.74, 6) is 1.24. The predicted octanol–water partition coefficient (Wildman–Crippen LogP) is 3.49. The second kappa shape index (κ2) is 6.22. The largest absolute Gasteiger partial charge is 0.454 e. The van der Waals surface area contributed by atoms with Crippen molar-refractivity contribution in [2.24, 2.45) is 0 Å². The van der Waals surface area contributed by atoms with Crippen LogP contribution in [0.4, 0.5) is 5.69 Å². The van der Waals surface area contributed by atoms with E-state index in [1.165, 1.54) is 0 Å². The predicted molar refractivity (Wildman–Crippen MR) is 98.3 cm³/mol. The van der Waals surface area contributed by atoms with E-state index in [2.05, 4.69) is 5.10 Å². The number of carbonyl (C=O) groups excluding carboxylic acids is 1. The van der Waals surface area contributed by atoms with Crippen LogP contribution in [0.15, 0.2) is 48.5 Å². The van der Waals surface area contributed by atoms with Crippen LogP contribution in [0.5, 0.6) is 11.5 Å². The Morgan fingerprint density at radius 3 is 2.65 bits per heavy atom. The van der Waals surface area contributed by atoms with Gasteiger partial charge in [-0.15, -0.1) is 0 Å². The number of ether oxygens (including phenoxy) is 2. The molecule has 0 saturated carbocycles. The summed E-state index contributed by atoms with van der Waals surface area (Å²) in [5.41, 5.74) is 4.17. The van der Waals surface area contributed by atoms with Gasteiger partial charge in [-0.1, -0.05) is 6.07 Å². The van der Waals surface area contributed by atoms with Crippen LogP contribution in [0.25, 0.3) is 5.69 Å². The molecule has 0 atom stereocenters. The molecule has 0 fully saturated rings.